The summed E-state index contributed by atoms with van der Waals surface area (Å²) >= 11 is 6.13. The van der Waals surface area contributed by atoms with Crippen molar-refractivity contribution in [1.29, 1.82) is 0 Å². The SMILES string of the molecule is Cc1ccc(Nc2cc3ncn(-c4ccc(CC=O)c(Cl)n4)c3cc2F)nn1. The molecule has 0 fully saturated rings. The monoisotopic (exact) mass is 396 g/mol. The number of aromatic nitrogens is 5. The lowest BCUT2D eigenvalue weighted by Gasteiger charge is -2.09. The van der Waals surface area contributed by atoms with Crippen LogP contribution in [0.5, 0.6) is 0 Å². The molecule has 0 atom stereocenters. The third kappa shape index (κ3) is 3.41. The van der Waals surface area contributed by atoms with Gasteiger partial charge in [-0.05, 0) is 36.8 Å². The Bertz CT molecular complexity index is 1180. The number of carbonyl (C=O) groups excluding carboxylic acids is 1. The van der Waals surface area contributed by atoms with Crippen LogP contribution in [0, 0.1) is 12.7 Å². The molecule has 3 heterocycles. The molecule has 9 heteroatoms. The van der Waals surface area contributed by atoms with Crippen molar-refractivity contribution in [3.63, 3.8) is 0 Å². The number of anilines is 2. The third-order valence-electron chi connectivity index (χ3n) is 4.16. The van der Waals surface area contributed by atoms with E-state index in [9.17, 15) is 9.18 Å². The van der Waals surface area contributed by atoms with Gasteiger partial charge in [0.15, 0.2) is 5.82 Å². The molecule has 0 saturated carbocycles. The molecule has 140 valence electrons. The predicted molar refractivity (Wildman–Crippen MR) is 104 cm³/mol. The van der Waals surface area contributed by atoms with Crippen molar-refractivity contribution in [2.45, 2.75) is 13.3 Å². The molecule has 0 bridgehead atoms. The fourth-order valence-electron chi connectivity index (χ4n) is 2.74. The molecule has 0 amide bonds. The fourth-order valence-corrected chi connectivity index (χ4v) is 2.97. The number of halogens is 2. The first-order chi connectivity index (χ1) is 13.5. The second kappa shape index (κ2) is 7.32. The molecule has 0 unspecified atom stereocenters. The number of rotatable bonds is 5. The molecule has 0 saturated heterocycles. The van der Waals surface area contributed by atoms with E-state index in [-0.39, 0.29) is 17.3 Å². The molecule has 28 heavy (non-hydrogen) atoms. The summed E-state index contributed by atoms with van der Waals surface area (Å²) in [4.78, 5) is 19.3. The number of nitrogens with zero attached hydrogens (tertiary/aromatic N) is 5. The standard InChI is InChI=1S/C19H14ClFN6O/c1-11-2-4-17(26-25-11)23-14-9-15-16(8-13(14)21)27(10-22-15)18-5-3-12(6-7-28)19(20)24-18/h2-5,7-10H,6H2,1H3,(H,23,26). The maximum atomic E-state index is 14.7. The lowest BCUT2D eigenvalue weighted by Crippen LogP contribution is -2.01. The molecule has 7 nitrogen and oxygen atoms in total. The number of imidazole rings is 1. The van der Waals surface area contributed by atoms with Crippen LogP contribution in [-0.4, -0.2) is 31.0 Å². The summed E-state index contributed by atoms with van der Waals surface area (Å²) in [5.74, 6) is 0.439. The Balaban J connectivity index is 1.71. The van der Waals surface area contributed by atoms with Gasteiger partial charge in [0.05, 0.1) is 22.4 Å². The van der Waals surface area contributed by atoms with Crippen LogP contribution in [0.25, 0.3) is 16.9 Å². The molecule has 3 aromatic heterocycles. The lowest BCUT2D eigenvalue weighted by atomic mass is 10.2. The van der Waals surface area contributed by atoms with Crippen molar-refractivity contribution >= 4 is 40.4 Å². The Kier molecular flexibility index (Phi) is 4.70. The van der Waals surface area contributed by atoms with Crippen molar-refractivity contribution in [3.8, 4) is 5.82 Å². The first-order valence-electron chi connectivity index (χ1n) is 8.38. The van der Waals surface area contributed by atoms with Gasteiger partial charge in [-0.1, -0.05) is 17.7 Å². The number of aryl methyl sites for hydroxylation is 1. The highest BCUT2D eigenvalue weighted by molar-refractivity contribution is 6.30. The van der Waals surface area contributed by atoms with Gasteiger partial charge >= 0.3 is 0 Å². The highest BCUT2D eigenvalue weighted by Gasteiger charge is 2.13. The minimum Gasteiger partial charge on any atom is -0.336 e. The number of pyridine rings is 1. The average Bonchev–Trinajstić information content (AvgIpc) is 3.08. The van der Waals surface area contributed by atoms with E-state index in [0.29, 0.717) is 28.2 Å². The zero-order valence-electron chi connectivity index (χ0n) is 14.7. The molecule has 4 rings (SSSR count). The predicted octanol–water partition coefficient (Wildman–Crippen LogP) is 3.80. The Morgan fingerprint density at radius 1 is 1.21 bits per heavy atom. The molecular formula is C19H14ClFN6O. The second-order valence-electron chi connectivity index (χ2n) is 6.11. The molecule has 0 aliphatic rings. The topological polar surface area (TPSA) is 85.6 Å². The van der Waals surface area contributed by atoms with E-state index < -0.39 is 5.82 Å². The van der Waals surface area contributed by atoms with Gasteiger partial charge in [-0.3, -0.25) is 4.57 Å². The summed E-state index contributed by atoms with van der Waals surface area (Å²) in [7, 11) is 0. The van der Waals surface area contributed by atoms with Crippen LogP contribution in [0.4, 0.5) is 15.9 Å². The van der Waals surface area contributed by atoms with Gasteiger partial charge < -0.3 is 10.1 Å². The van der Waals surface area contributed by atoms with Crippen molar-refractivity contribution in [1.82, 2.24) is 24.7 Å². The van der Waals surface area contributed by atoms with Crippen molar-refractivity contribution in [3.05, 3.63) is 65.0 Å². The molecule has 0 aliphatic carbocycles. The second-order valence-corrected chi connectivity index (χ2v) is 6.47. The zero-order chi connectivity index (χ0) is 19.7. The Labute approximate surface area is 164 Å². The maximum absolute atomic E-state index is 14.7. The molecule has 1 aromatic carbocycles. The zero-order valence-corrected chi connectivity index (χ0v) is 15.5. The van der Waals surface area contributed by atoms with E-state index in [2.05, 4.69) is 25.5 Å². The Morgan fingerprint density at radius 3 is 2.79 bits per heavy atom. The minimum absolute atomic E-state index is 0.183. The minimum atomic E-state index is -0.472. The number of benzene rings is 1. The quantitative estimate of drug-likeness (QED) is 0.408. The van der Waals surface area contributed by atoms with E-state index in [1.54, 1.807) is 34.9 Å². The normalized spacial score (nSPS) is 11.0. The lowest BCUT2D eigenvalue weighted by molar-refractivity contribution is -0.107. The first-order valence-corrected chi connectivity index (χ1v) is 8.76. The Morgan fingerprint density at radius 2 is 2.07 bits per heavy atom. The van der Waals surface area contributed by atoms with Crippen molar-refractivity contribution < 1.29 is 9.18 Å². The van der Waals surface area contributed by atoms with Crippen LogP contribution >= 0.6 is 11.6 Å². The van der Waals surface area contributed by atoms with Crippen LogP contribution in [0.3, 0.4) is 0 Å². The fraction of sp³-hybridized carbons (Fsp3) is 0.105. The highest BCUT2D eigenvalue weighted by Crippen LogP contribution is 2.27. The first kappa shape index (κ1) is 18.0. The van der Waals surface area contributed by atoms with Gasteiger partial charge in [0, 0.05) is 12.5 Å². The van der Waals surface area contributed by atoms with Gasteiger partial charge in [0.1, 0.15) is 29.4 Å². The van der Waals surface area contributed by atoms with Gasteiger partial charge in [-0.15, -0.1) is 5.10 Å². The number of aldehydes is 1. The highest BCUT2D eigenvalue weighted by atomic mass is 35.5. The molecule has 0 radical (unpaired) electrons. The third-order valence-corrected chi connectivity index (χ3v) is 4.49. The summed E-state index contributed by atoms with van der Waals surface area (Å²) < 4.78 is 16.3. The summed E-state index contributed by atoms with van der Waals surface area (Å²) in [6.45, 7) is 1.82. The summed E-state index contributed by atoms with van der Waals surface area (Å²) in [5.41, 5.74) is 2.74. The van der Waals surface area contributed by atoms with Crippen LogP contribution in [0.2, 0.25) is 5.15 Å². The van der Waals surface area contributed by atoms with E-state index in [1.165, 1.54) is 12.4 Å². The van der Waals surface area contributed by atoms with Gasteiger partial charge in [0.2, 0.25) is 0 Å². The largest absolute Gasteiger partial charge is 0.336 e. The number of nitrogens with one attached hydrogen (secondary N) is 1. The van der Waals surface area contributed by atoms with Crippen LogP contribution < -0.4 is 5.32 Å². The van der Waals surface area contributed by atoms with E-state index in [1.807, 2.05) is 6.92 Å². The summed E-state index contributed by atoms with van der Waals surface area (Å²) in [5, 5.41) is 11.0. The van der Waals surface area contributed by atoms with Crippen LogP contribution in [0.1, 0.15) is 11.3 Å². The van der Waals surface area contributed by atoms with E-state index in [0.717, 1.165) is 12.0 Å². The van der Waals surface area contributed by atoms with E-state index in [4.69, 9.17) is 11.6 Å². The molecule has 0 spiro atoms. The number of fused-ring (bicyclic) bond motifs is 1. The van der Waals surface area contributed by atoms with Gasteiger partial charge in [-0.25, -0.2) is 14.4 Å². The number of carbonyl (C=O) groups is 1. The summed E-state index contributed by atoms with van der Waals surface area (Å²) in [6, 6.07) is 9.87. The maximum Gasteiger partial charge on any atom is 0.153 e. The molecule has 0 aliphatic heterocycles. The smallest absolute Gasteiger partial charge is 0.153 e. The number of hydrogen-bond donors (Lipinski definition) is 1. The Hall–Kier alpha value is -3.39. The molecule has 1 N–H and O–H groups in total. The van der Waals surface area contributed by atoms with Crippen molar-refractivity contribution in [2.75, 3.05) is 5.32 Å². The van der Waals surface area contributed by atoms with Crippen molar-refractivity contribution in [2.24, 2.45) is 0 Å². The van der Waals surface area contributed by atoms with E-state index >= 15 is 0 Å². The van der Waals surface area contributed by atoms with Crippen LogP contribution in [-0.2, 0) is 11.2 Å². The summed E-state index contributed by atoms with van der Waals surface area (Å²) in [6.07, 6.45) is 2.48. The van der Waals surface area contributed by atoms with Gasteiger partial charge in [0.25, 0.3) is 0 Å². The molecule has 4 aromatic rings. The van der Waals surface area contributed by atoms with Crippen LogP contribution in [0.15, 0.2) is 42.7 Å². The average molecular weight is 397 g/mol. The number of hydrogen-bond acceptors (Lipinski definition) is 6. The van der Waals surface area contributed by atoms with Gasteiger partial charge in [-0.2, -0.15) is 5.10 Å². The molecular weight excluding hydrogens is 383 g/mol.